The van der Waals surface area contributed by atoms with Crippen molar-refractivity contribution in [2.45, 2.75) is 13.0 Å². The number of nitrogens with zero attached hydrogens (tertiary/aromatic N) is 2. The van der Waals surface area contributed by atoms with Gasteiger partial charge in [-0.2, -0.15) is 0 Å². The first-order chi connectivity index (χ1) is 9.42. The van der Waals surface area contributed by atoms with Crippen LogP contribution in [0.3, 0.4) is 0 Å². The second-order valence-electron chi connectivity index (χ2n) is 4.92. The maximum atomic E-state index is 5.45. The lowest BCUT2D eigenvalue weighted by molar-refractivity contribution is 0.244. The molecule has 108 valence electrons. The van der Waals surface area contributed by atoms with E-state index in [0.29, 0.717) is 0 Å². The first kappa shape index (κ1) is 15.0. The van der Waals surface area contributed by atoms with Gasteiger partial charge in [-0.25, -0.2) is 0 Å². The van der Waals surface area contributed by atoms with E-state index >= 15 is 0 Å². The van der Waals surface area contributed by atoms with E-state index in [1.54, 1.807) is 0 Å². The standard InChI is InChI=1S/C15H19N3O.ClH/c1-2-5-13(6-3-1)15-11-14(19-17-15)12-18-9-4-7-16-8-10-18;/h1-3,5-6,11,16H,4,7-10,12H2;1H. The van der Waals surface area contributed by atoms with E-state index in [9.17, 15) is 0 Å². The number of halogens is 1. The minimum atomic E-state index is 0. The van der Waals surface area contributed by atoms with Crippen LogP contribution in [0.2, 0.25) is 0 Å². The monoisotopic (exact) mass is 293 g/mol. The Morgan fingerprint density at radius 2 is 2.00 bits per heavy atom. The third-order valence-electron chi connectivity index (χ3n) is 3.44. The van der Waals surface area contributed by atoms with Gasteiger partial charge in [-0.05, 0) is 19.5 Å². The molecule has 4 nitrogen and oxygen atoms in total. The fraction of sp³-hybridized carbons (Fsp3) is 0.400. The molecule has 1 N–H and O–H groups in total. The molecule has 2 aromatic rings. The average Bonchev–Trinajstić information content (AvgIpc) is 2.76. The van der Waals surface area contributed by atoms with Crippen molar-refractivity contribution in [3.8, 4) is 11.3 Å². The van der Waals surface area contributed by atoms with Crippen molar-refractivity contribution >= 4 is 12.4 Å². The molecule has 1 saturated heterocycles. The highest BCUT2D eigenvalue weighted by Gasteiger charge is 2.12. The van der Waals surface area contributed by atoms with Crippen molar-refractivity contribution in [2.75, 3.05) is 26.2 Å². The van der Waals surface area contributed by atoms with Crippen molar-refractivity contribution in [3.63, 3.8) is 0 Å². The Kier molecular flexibility index (Phi) is 5.59. The van der Waals surface area contributed by atoms with Crippen molar-refractivity contribution in [3.05, 3.63) is 42.2 Å². The van der Waals surface area contributed by atoms with Crippen LogP contribution in [-0.2, 0) is 6.54 Å². The molecule has 1 fully saturated rings. The Bertz CT molecular complexity index is 507. The van der Waals surface area contributed by atoms with Crippen LogP contribution in [0.25, 0.3) is 11.3 Å². The van der Waals surface area contributed by atoms with Gasteiger partial charge in [0.05, 0.1) is 6.54 Å². The van der Waals surface area contributed by atoms with E-state index in [1.807, 2.05) is 24.3 Å². The molecular formula is C15H20ClN3O. The molecule has 3 rings (SSSR count). The Balaban J connectivity index is 0.00000147. The summed E-state index contributed by atoms with van der Waals surface area (Å²) in [5, 5.41) is 7.56. The van der Waals surface area contributed by atoms with Gasteiger partial charge in [0.15, 0.2) is 5.76 Å². The first-order valence-electron chi connectivity index (χ1n) is 6.86. The summed E-state index contributed by atoms with van der Waals surface area (Å²) in [7, 11) is 0. The van der Waals surface area contributed by atoms with E-state index < -0.39 is 0 Å². The van der Waals surface area contributed by atoms with Gasteiger partial charge in [-0.1, -0.05) is 35.5 Å². The summed E-state index contributed by atoms with van der Waals surface area (Å²) in [6.45, 7) is 5.21. The number of aromatic nitrogens is 1. The average molecular weight is 294 g/mol. The van der Waals surface area contributed by atoms with Crippen LogP contribution < -0.4 is 5.32 Å². The molecule has 0 aliphatic carbocycles. The van der Waals surface area contributed by atoms with E-state index in [2.05, 4.69) is 27.5 Å². The third kappa shape index (κ3) is 3.82. The Morgan fingerprint density at radius 3 is 2.85 bits per heavy atom. The molecular weight excluding hydrogens is 274 g/mol. The number of hydrogen-bond donors (Lipinski definition) is 1. The van der Waals surface area contributed by atoms with Crippen molar-refractivity contribution < 1.29 is 4.52 Å². The van der Waals surface area contributed by atoms with Crippen LogP contribution >= 0.6 is 12.4 Å². The quantitative estimate of drug-likeness (QED) is 0.944. The summed E-state index contributed by atoms with van der Waals surface area (Å²) in [4.78, 5) is 2.41. The van der Waals surface area contributed by atoms with Gasteiger partial charge in [-0.15, -0.1) is 12.4 Å². The van der Waals surface area contributed by atoms with E-state index in [-0.39, 0.29) is 12.4 Å². The molecule has 0 unspecified atom stereocenters. The van der Waals surface area contributed by atoms with Crippen LogP contribution in [0.5, 0.6) is 0 Å². The molecule has 0 amide bonds. The Morgan fingerprint density at radius 1 is 1.15 bits per heavy atom. The summed E-state index contributed by atoms with van der Waals surface area (Å²) in [5.41, 5.74) is 2.03. The molecule has 2 heterocycles. The molecule has 5 heteroatoms. The van der Waals surface area contributed by atoms with Crippen molar-refractivity contribution in [1.29, 1.82) is 0 Å². The predicted octanol–water partition coefficient (Wildman–Crippen LogP) is 2.56. The summed E-state index contributed by atoms with van der Waals surface area (Å²) in [6.07, 6.45) is 1.19. The molecule has 1 aliphatic heterocycles. The number of hydrogen-bond acceptors (Lipinski definition) is 4. The van der Waals surface area contributed by atoms with Gasteiger partial charge in [0.1, 0.15) is 5.69 Å². The summed E-state index contributed by atoms with van der Waals surface area (Å²) < 4.78 is 5.45. The lowest BCUT2D eigenvalue weighted by Crippen LogP contribution is -2.27. The van der Waals surface area contributed by atoms with Gasteiger partial charge >= 0.3 is 0 Å². The molecule has 20 heavy (non-hydrogen) atoms. The number of nitrogens with one attached hydrogen (secondary N) is 1. The molecule has 0 atom stereocenters. The van der Waals surface area contributed by atoms with E-state index in [4.69, 9.17) is 4.52 Å². The summed E-state index contributed by atoms with van der Waals surface area (Å²) >= 11 is 0. The van der Waals surface area contributed by atoms with Crippen LogP contribution in [0.1, 0.15) is 12.2 Å². The molecule has 0 radical (unpaired) electrons. The lowest BCUT2D eigenvalue weighted by Gasteiger charge is -2.16. The van der Waals surface area contributed by atoms with Gasteiger partial charge < -0.3 is 9.84 Å². The highest BCUT2D eigenvalue weighted by atomic mass is 35.5. The predicted molar refractivity (Wildman–Crippen MR) is 82.0 cm³/mol. The number of rotatable bonds is 3. The highest BCUT2D eigenvalue weighted by Crippen LogP contribution is 2.19. The lowest BCUT2D eigenvalue weighted by atomic mass is 10.1. The van der Waals surface area contributed by atoms with Gasteiger partial charge in [0.2, 0.25) is 0 Å². The summed E-state index contributed by atoms with van der Waals surface area (Å²) in [6, 6.07) is 12.2. The summed E-state index contributed by atoms with van der Waals surface area (Å²) in [5.74, 6) is 0.945. The third-order valence-corrected chi connectivity index (χ3v) is 3.44. The van der Waals surface area contributed by atoms with Gasteiger partial charge in [-0.3, -0.25) is 4.90 Å². The molecule has 0 saturated carbocycles. The topological polar surface area (TPSA) is 41.3 Å². The first-order valence-corrected chi connectivity index (χ1v) is 6.86. The number of benzene rings is 1. The maximum Gasteiger partial charge on any atom is 0.151 e. The van der Waals surface area contributed by atoms with Crippen LogP contribution in [0.15, 0.2) is 40.9 Å². The van der Waals surface area contributed by atoms with Crippen molar-refractivity contribution in [1.82, 2.24) is 15.4 Å². The Labute approximate surface area is 125 Å². The smallest absolute Gasteiger partial charge is 0.151 e. The SMILES string of the molecule is Cl.c1ccc(-c2cc(CN3CCCNCC3)on2)cc1. The van der Waals surface area contributed by atoms with Gasteiger partial charge in [0.25, 0.3) is 0 Å². The second kappa shape index (κ2) is 7.43. The molecule has 1 aromatic heterocycles. The minimum absolute atomic E-state index is 0. The zero-order valence-corrected chi connectivity index (χ0v) is 12.2. The van der Waals surface area contributed by atoms with Crippen LogP contribution in [0.4, 0.5) is 0 Å². The molecule has 1 aromatic carbocycles. The van der Waals surface area contributed by atoms with Crippen LogP contribution in [-0.4, -0.2) is 36.2 Å². The molecule has 1 aliphatic rings. The zero-order chi connectivity index (χ0) is 12.9. The second-order valence-corrected chi connectivity index (χ2v) is 4.92. The fourth-order valence-electron chi connectivity index (χ4n) is 2.41. The largest absolute Gasteiger partial charge is 0.359 e. The van der Waals surface area contributed by atoms with E-state index in [0.717, 1.165) is 49.7 Å². The maximum absolute atomic E-state index is 5.45. The Hall–Kier alpha value is -1.36. The van der Waals surface area contributed by atoms with Gasteiger partial charge in [0, 0.05) is 24.7 Å². The molecule has 0 spiro atoms. The normalized spacial score (nSPS) is 16.4. The van der Waals surface area contributed by atoms with E-state index in [1.165, 1.54) is 6.42 Å². The van der Waals surface area contributed by atoms with Crippen LogP contribution in [0, 0.1) is 0 Å². The van der Waals surface area contributed by atoms with Crippen molar-refractivity contribution in [2.24, 2.45) is 0 Å². The fourth-order valence-corrected chi connectivity index (χ4v) is 2.41. The zero-order valence-electron chi connectivity index (χ0n) is 11.4. The minimum Gasteiger partial charge on any atom is -0.359 e. The molecule has 0 bridgehead atoms. The highest BCUT2D eigenvalue weighted by molar-refractivity contribution is 5.85.